The van der Waals surface area contributed by atoms with Crippen molar-refractivity contribution >= 4 is 29.1 Å². The first-order valence-electron chi connectivity index (χ1n) is 6.01. The van der Waals surface area contributed by atoms with Crippen LogP contribution >= 0.6 is 11.6 Å². The number of hydrogen-bond acceptors (Lipinski definition) is 4. The SMILES string of the molecule is COc1cc(OC)c(N2C(=O)CNC(=O)C2C)cc1Cl. The van der Waals surface area contributed by atoms with Crippen molar-refractivity contribution in [3.05, 3.63) is 17.2 Å². The van der Waals surface area contributed by atoms with Gasteiger partial charge in [0.25, 0.3) is 0 Å². The summed E-state index contributed by atoms with van der Waals surface area (Å²) in [6.07, 6.45) is 0. The minimum atomic E-state index is -0.630. The molecule has 1 atom stereocenters. The molecule has 0 radical (unpaired) electrons. The van der Waals surface area contributed by atoms with E-state index in [1.165, 1.54) is 19.1 Å². The molecule has 1 aliphatic rings. The lowest BCUT2D eigenvalue weighted by Crippen LogP contribution is -2.57. The Morgan fingerprint density at radius 3 is 2.50 bits per heavy atom. The molecule has 0 aliphatic carbocycles. The number of nitrogens with zero attached hydrogens (tertiary/aromatic N) is 1. The molecule has 1 aromatic carbocycles. The van der Waals surface area contributed by atoms with Gasteiger partial charge in [-0.15, -0.1) is 0 Å². The van der Waals surface area contributed by atoms with Crippen LogP contribution < -0.4 is 19.7 Å². The molecule has 0 bridgehead atoms. The number of ether oxygens (including phenoxy) is 2. The van der Waals surface area contributed by atoms with Crippen molar-refractivity contribution in [3.8, 4) is 11.5 Å². The van der Waals surface area contributed by atoms with Gasteiger partial charge in [0, 0.05) is 6.07 Å². The van der Waals surface area contributed by atoms with Crippen LogP contribution in [0.25, 0.3) is 0 Å². The van der Waals surface area contributed by atoms with Crippen LogP contribution in [0.2, 0.25) is 5.02 Å². The molecule has 1 unspecified atom stereocenters. The normalized spacial score (nSPS) is 18.8. The zero-order valence-electron chi connectivity index (χ0n) is 11.4. The number of methoxy groups -OCH3 is 2. The second-order valence-corrected chi connectivity index (χ2v) is 4.72. The van der Waals surface area contributed by atoms with E-state index < -0.39 is 6.04 Å². The van der Waals surface area contributed by atoms with E-state index in [9.17, 15) is 9.59 Å². The van der Waals surface area contributed by atoms with Crippen LogP contribution in [0.4, 0.5) is 5.69 Å². The standard InChI is InChI=1S/C13H15ClN2O4/c1-7-13(18)15-6-12(17)16(7)9-4-8(14)10(19-2)5-11(9)20-3/h4-5,7H,6H2,1-3H3,(H,15,18). The van der Waals surface area contributed by atoms with Crippen molar-refractivity contribution in [3.63, 3.8) is 0 Å². The highest BCUT2D eigenvalue weighted by atomic mass is 35.5. The van der Waals surface area contributed by atoms with Crippen LogP contribution in [0, 0.1) is 0 Å². The fourth-order valence-corrected chi connectivity index (χ4v) is 2.34. The lowest BCUT2D eigenvalue weighted by Gasteiger charge is -2.33. The van der Waals surface area contributed by atoms with Gasteiger partial charge < -0.3 is 14.8 Å². The van der Waals surface area contributed by atoms with Gasteiger partial charge >= 0.3 is 0 Å². The number of hydrogen-bond donors (Lipinski definition) is 1. The summed E-state index contributed by atoms with van der Waals surface area (Å²) in [7, 11) is 2.97. The third kappa shape index (κ3) is 2.38. The molecule has 0 spiro atoms. The maximum Gasteiger partial charge on any atom is 0.247 e. The number of rotatable bonds is 3. The quantitative estimate of drug-likeness (QED) is 0.911. The molecule has 0 saturated carbocycles. The monoisotopic (exact) mass is 298 g/mol. The molecule has 2 amide bonds. The predicted molar refractivity (Wildman–Crippen MR) is 74.5 cm³/mol. The first-order chi connectivity index (χ1) is 9.49. The van der Waals surface area contributed by atoms with E-state index >= 15 is 0 Å². The molecule has 0 aromatic heterocycles. The zero-order valence-corrected chi connectivity index (χ0v) is 12.2. The minimum absolute atomic E-state index is 0.0457. The number of carbonyl (C=O) groups is 2. The van der Waals surface area contributed by atoms with Gasteiger partial charge in [-0.2, -0.15) is 0 Å². The summed E-state index contributed by atoms with van der Waals surface area (Å²) in [5.41, 5.74) is 0.450. The van der Waals surface area contributed by atoms with Crippen LogP contribution in [0.5, 0.6) is 11.5 Å². The average Bonchev–Trinajstić information content (AvgIpc) is 2.43. The second-order valence-electron chi connectivity index (χ2n) is 4.32. The van der Waals surface area contributed by atoms with E-state index in [0.717, 1.165) is 0 Å². The third-order valence-corrected chi connectivity index (χ3v) is 3.46. The van der Waals surface area contributed by atoms with E-state index in [0.29, 0.717) is 22.2 Å². The van der Waals surface area contributed by atoms with E-state index in [2.05, 4.69) is 5.32 Å². The second kappa shape index (κ2) is 5.58. The smallest absolute Gasteiger partial charge is 0.247 e. The van der Waals surface area contributed by atoms with Crippen molar-refractivity contribution in [2.45, 2.75) is 13.0 Å². The molecule has 1 aliphatic heterocycles. The lowest BCUT2D eigenvalue weighted by molar-refractivity contribution is -0.130. The fourth-order valence-electron chi connectivity index (χ4n) is 2.10. The maximum absolute atomic E-state index is 12.1. The van der Waals surface area contributed by atoms with Crippen molar-refractivity contribution in [1.82, 2.24) is 5.32 Å². The minimum Gasteiger partial charge on any atom is -0.495 e. The van der Waals surface area contributed by atoms with Crippen molar-refractivity contribution in [1.29, 1.82) is 0 Å². The van der Waals surface area contributed by atoms with Gasteiger partial charge in [-0.3, -0.25) is 14.5 Å². The summed E-state index contributed by atoms with van der Waals surface area (Å²) in [5, 5.41) is 2.87. The summed E-state index contributed by atoms with van der Waals surface area (Å²) >= 11 is 6.09. The molecule has 108 valence electrons. The largest absolute Gasteiger partial charge is 0.495 e. The summed E-state index contributed by atoms with van der Waals surface area (Å²) in [6, 6.07) is 2.52. The summed E-state index contributed by atoms with van der Waals surface area (Å²) < 4.78 is 10.4. The Morgan fingerprint density at radius 1 is 1.25 bits per heavy atom. The Morgan fingerprint density at radius 2 is 1.90 bits per heavy atom. The molecule has 1 saturated heterocycles. The highest BCUT2D eigenvalue weighted by Gasteiger charge is 2.34. The van der Waals surface area contributed by atoms with E-state index in [-0.39, 0.29) is 18.4 Å². The summed E-state index contributed by atoms with van der Waals surface area (Å²) in [6.45, 7) is 1.60. The van der Waals surface area contributed by atoms with E-state index in [1.54, 1.807) is 19.1 Å². The van der Waals surface area contributed by atoms with E-state index in [1.807, 2.05) is 0 Å². The van der Waals surface area contributed by atoms with E-state index in [4.69, 9.17) is 21.1 Å². The number of benzene rings is 1. The Kier molecular flexibility index (Phi) is 4.04. The zero-order chi connectivity index (χ0) is 14.9. The number of nitrogens with one attached hydrogen (secondary N) is 1. The van der Waals surface area contributed by atoms with Crippen molar-refractivity contribution in [2.75, 3.05) is 25.7 Å². The summed E-state index contributed by atoms with van der Waals surface area (Å²) in [5.74, 6) is 0.408. The predicted octanol–water partition coefficient (Wildman–Crippen LogP) is 1.21. The Labute approximate surface area is 121 Å². The van der Waals surface area contributed by atoms with Gasteiger partial charge in [-0.25, -0.2) is 0 Å². The molecule has 20 heavy (non-hydrogen) atoms. The maximum atomic E-state index is 12.1. The van der Waals surface area contributed by atoms with Gasteiger partial charge in [0.1, 0.15) is 17.5 Å². The molecular formula is C13H15ClN2O4. The van der Waals surface area contributed by atoms with Crippen LogP contribution in [0.15, 0.2) is 12.1 Å². The van der Waals surface area contributed by atoms with Gasteiger partial charge in [-0.1, -0.05) is 11.6 Å². The molecule has 7 heteroatoms. The molecule has 6 nitrogen and oxygen atoms in total. The van der Waals surface area contributed by atoms with Crippen LogP contribution in [-0.4, -0.2) is 38.6 Å². The first-order valence-corrected chi connectivity index (χ1v) is 6.38. The third-order valence-electron chi connectivity index (χ3n) is 3.16. The first kappa shape index (κ1) is 14.5. The Bertz CT molecular complexity index is 562. The highest BCUT2D eigenvalue weighted by molar-refractivity contribution is 6.32. The molecular weight excluding hydrogens is 284 g/mol. The number of carbonyl (C=O) groups excluding carboxylic acids is 2. The molecule has 1 aromatic rings. The van der Waals surface area contributed by atoms with Crippen LogP contribution in [0.1, 0.15) is 6.92 Å². The molecule has 1 N–H and O–H groups in total. The fraction of sp³-hybridized carbons (Fsp3) is 0.385. The lowest BCUT2D eigenvalue weighted by atomic mass is 10.1. The van der Waals surface area contributed by atoms with Crippen molar-refractivity contribution < 1.29 is 19.1 Å². The number of anilines is 1. The number of amides is 2. The van der Waals surface area contributed by atoms with Gasteiger partial charge in [0.15, 0.2) is 0 Å². The van der Waals surface area contributed by atoms with Crippen LogP contribution in [-0.2, 0) is 9.59 Å². The number of halogens is 1. The van der Waals surface area contributed by atoms with Crippen LogP contribution in [0.3, 0.4) is 0 Å². The molecule has 1 heterocycles. The topological polar surface area (TPSA) is 67.9 Å². The summed E-state index contributed by atoms with van der Waals surface area (Å²) in [4.78, 5) is 25.2. The Hall–Kier alpha value is -1.95. The van der Waals surface area contributed by atoms with Gasteiger partial charge in [0.05, 0.1) is 31.5 Å². The molecule has 2 rings (SSSR count). The molecule has 1 fully saturated rings. The van der Waals surface area contributed by atoms with Gasteiger partial charge in [-0.05, 0) is 13.0 Å². The Balaban J connectivity index is 2.52. The highest BCUT2D eigenvalue weighted by Crippen LogP contribution is 2.39. The van der Waals surface area contributed by atoms with Crippen molar-refractivity contribution in [2.24, 2.45) is 0 Å². The number of piperazine rings is 1. The average molecular weight is 299 g/mol. The van der Waals surface area contributed by atoms with Gasteiger partial charge in [0.2, 0.25) is 11.8 Å².